The van der Waals surface area contributed by atoms with Crippen molar-refractivity contribution in [2.24, 2.45) is 0 Å². The number of hydroxylamine groups is 2. The molecule has 0 spiro atoms. The number of carbonyl (C=O) groups is 2. The van der Waals surface area contributed by atoms with E-state index in [4.69, 9.17) is 32.7 Å². The first kappa shape index (κ1) is 20.1. The first-order chi connectivity index (χ1) is 12.9. The Morgan fingerprint density at radius 3 is 2.74 bits per heavy atom. The van der Waals surface area contributed by atoms with Crippen LogP contribution in [0.5, 0.6) is 0 Å². The van der Waals surface area contributed by atoms with E-state index in [0.29, 0.717) is 32.0 Å². The monoisotopic (exact) mass is 421 g/mol. The van der Waals surface area contributed by atoms with Crippen molar-refractivity contribution in [3.63, 3.8) is 0 Å². The number of nitrogens with zero attached hydrogens (tertiary/aromatic N) is 2. The summed E-state index contributed by atoms with van der Waals surface area (Å²) < 4.78 is 25.0. The number of hydrogen-bond acceptors (Lipinski definition) is 6. The predicted octanol–water partition coefficient (Wildman–Crippen LogP) is 0.700. The highest BCUT2D eigenvalue weighted by Gasteiger charge is 2.37. The summed E-state index contributed by atoms with van der Waals surface area (Å²) in [7, 11) is 0. The lowest BCUT2D eigenvalue weighted by Gasteiger charge is -2.32. The summed E-state index contributed by atoms with van der Waals surface area (Å²) in [5.74, 6) is -1.42. The number of alkyl halides is 2. The Hall–Kier alpha value is -1.65. The lowest BCUT2D eigenvalue weighted by atomic mass is 10.2. The first-order valence-electron chi connectivity index (χ1n) is 8.33. The van der Waals surface area contributed by atoms with Gasteiger partial charge in [-0.15, -0.1) is 0 Å². The number of ether oxygens (including phenoxy) is 2. The van der Waals surface area contributed by atoms with E-state index in [1.54, 1.807) is 11.0 Å². The summed E-state index contributed by atoms with van der Waals surface area (Å²) >= 11 is 10.8. The van der Waals surface area contributed by atoms with E-state index in [-0.39, 0.29) is 18.8 Å². The second-order valence-electron chi connectivity index (χ2n) is 6.12. The molecule has 0 aromatic heterocycles. The molecule has 2 amide bonds. The van der Waals surface area contributed by atoms with E-state index in [9.17, 15) is 19.2 Å². The lowest BCUT2D eigenvalue weighted by molar-refractivity contribution is -0.768. The third-order valence-corrected chi connectivity index (χ3v) is 4.74. The van der Waals surface area contributed by atoms with Crippen molar-refractivity contribution in [2.45, 2.75) is 10.9 Å². The maximum atomic E-state index is 14.5. The molecule has 1 N–H and O–H groups in total. The van der Waals surface area contributed by atoms with Gasteiger partial charge in [-0.1, -0.05) is 29.3 Å². The van der Waals surface area contributed by atoms with Crippen molar-refractivity contribution in [3.05, 3.63) is 29.2 Å². The molecule has 0 aliphatic carbocycles. The molecule has 2 aliphatic heterocycles. The first-order valence-corrected chi connectivity index (χ1v) is 9.20. The van der Waals surface area contributed by atoms with Gasteiger partial charge < -0.3 is 24.6 Å². The minimum atomic E-state index is -1.46. The summed E-state index contributed by atoms with van der Waals surface area (Å²) in [6, 6.07) is 4.42. The third kappa shape index (κ3) is 4.44. The minimum Gasteiger partial charge on any atom is -0.627 e. The van der Waals surface area contributed by atoms with Gasteiger partial charge in [-0.2, -0.15) is 0 Å². The fourth-order valence-corrected chi connectivity index (χ4v) is 3.32. The molecule has 2 aliphatic rings. The molecule has 1 aromatic rings. The van der Waals surface area contributed by atoms with E-state index >= 15 is 0 Å². The number of para-hydroxylation sites is 1. The van der Waals surface area contributed by atoms with E-state index < -0.39 is 33.8 Å². The van der Waals surface area contributed by atoms with Gasteiger partial charge in [-0.05, 0) is 12.1 Å². The number of quaternary nitrogens is 1. The maximum absolute atomic E-state index is 14.5. The van der Waals surface area contributed by atoms with E-state index in [1.165, 1.54) is 17.0 Å². The average molecular weight is 422 g/mol. The van der Waals surface area contributed by atoms with Crippen LogP contribution in [0, 0.1) is 11.0 Å². The van der Waals surface area contributed by atoms with Crippen LogP contribution >= 0.6 is 23.2 Å². The Morgan fingerprint density at radius 1 is 1.37 bits per heavy atom. The third-order valence-electron chi connectivity index (χ3n) is 4.34. The number of morpholine rings is 1. The Labute approximate surface area is 164 Å². The molecule has 148 valence electrons. The Morgan fingerprint density at radius 2 is 2.07 bits per heavy atom. The van der Waals surface area contributed by atoms with E-state index in [0.717, 1.165) is 0 Å². The van der Waals surface area contributed by atoms with E-state index in [2.05, 4.69) is 0 Å². The van der Waals surface area contributed by atoms with Gasteiger partial charge >= 0.3 is 12.0 Å². The lowest BCUT2D eigenvalue weighted by Crippen LogP contribution is -3.12. The fourth-order valence-electron chi connectivity index (χ4n) is 3.08. The number of hydrogen-bond donors (Lipinski definition) is 1. The molecule has 2 atom stereocenters. The van der Waals surface area contributed by atoms with Crippen LogP contribution in [0.15, 0.2) is 18.2 Å². The van der Waals surface area contributed by atoms with Crippen molar-refractivity contribution in [3.8, 4) is 0 Å². The normalized spacial score (nSPS) is 21.5. The average Bonchev–Trinajstić information content (AvgIpc) is 3.01. The molecule has 0 saturated carbocycles. The maximum Gasteiger partial charge on any atom is 0.415 e. The Bertz CT molecular complexity index is 717. The summed E-state index contributed by atoms with van der Waals surface area (Å²) in [4.78, 5) is 25.4. The van der Waals surface area contributed by atoms with Gasteiger partial charge in [-0.25, -0.2) is 14.0 Å². The van der Waals surface area contributed by atoms with Gasteiger partial charge in [0, 0.05) is 13.1 Å². The minimum absolute atomic E-state index is 0.00782. The summed E-state index contributed by atoms with van der Waals surface area (Å²) in [6.07, 6.45) is -1.56. The fraction of sp³-hybridized carbons (Fsp3) is 0.500. The Kier molecular flexibility index (Phi) is 6.38. The molecule has 2 heterocycles. The molecule has 3 rings (SSSR count). The zero-order valence-corrected chi connectivity index (χ0v) is 15.7. The van der Waals surface area contributed by atoms with Crippen molar-refractivity contribution >= 4 is 46.6 Å². The summed E-state index contributed by atoms with van der Waals surface area (Å²) in [5, 5.41) is 11.0. The molecular weight excluding hydrogens is 404 g/mol. The predicted molar refractivity (Wildman–Crippen MR) is 96.7 cm³/mol. The largest absolute Gasteiger partial charge is 0.627 e. The van der Waals surface area contributed by atoms with Gasteiger partial charge in [0.2, 0.25) is 4.84 Å². The number of amides is 2. The number of benzene rings is 1. The number of cyclic esters (lactones) is 1. The molecule has 27 heavy (non-hydrogen) atoms. The van der Waals surface area contributed by atoms with Crippen LogP contribution in [0.3, 0.4) is 0 Å². The van der Waals surface area contributed by atoms with Gasteiger partial charge in [0.05, 0.1) is 31.1 Å². The molecular formula is C16H18Cl2FN3O5. The van der Waals surface area contributed by atoms with Gasteiger partial charge in [0.1, 0.15) is 12.4 Å². The van der Waals surface area contributed by atoms with Gasteiger partial charge in [0.15, 0.2) is 6.10 Å². The summed E-state index contributed by atoms with van der Waals surface area (Å²) in [6.45, 7) is 1.55. The number of anilines is 2. The van der Waals surface area contributed by atoms with E-state index in [1.807, 2.05) is 0 Å². The van der Waals surface area contributed by atoms with Crippen LogP contribution in [-0.2, 0) is 14.3 Å². The molecule has 11 heteroatoms. The smallest absolute Gasteiger partial charge is 0.415 e. The second kappa shape index (κ2) is 8.57. The van der Waals surface area contributed by atoms with Crippen LogP contribution < -0.4 is 14.9 Å². The SMILES string of the molecule is O=C1OC(C[N@H+]([O-])C(=O)C(Cl)Cl)CN1c1cccc(F)c1N1CCOCC1. The highest BCUT2D eigenvalue weighted by molar-refractivity contribution is 6.52. The van der Waals surface area contributed by atoms with Crippen LogP contribution in [0.1, 0.15) is 0 Å². The molecule has 8 nitrogen and oxygen atoms in total. The van der Waals surface area contributed by atoms with Crippen molar-refractivity contribution in [1.29, 1.82) is 0 Å². The number of halogens is 3. The molecule has 0 bridgehead atoms. The number of nitrogens with one attached hydrogen (secondary N) is 1. The van der Waals surface area contributed by atoms with Crippen LogP contribution in [0.2, 0.25) is 0 Å². The van der Waals surface area contributed by atoms with Crippen LogP contribution in [-0.4, -0.2) is 62.3 Å². The van der Waals surface area contributed by atoms with Crippen molar-refractivity contribution < 1.29 is 28.5 Å². The summed E-state index contributed by atoms with van der Waals surface area (Å²) in [5.41, 5.74) is 0.623. The second-order valence-corrected chi connectivity index (χ2v) is 7.21. The van der Waals surface area contributed by atoms with Gasteiger partial charge in [-0.3, -0.25) is 4.90 Å². The molecule has 2 fully saturated rings. The van der Waals surface area contributed by atoms with Crippen molar-refractivity contribution in [1.82, 2.24) is 0 Å². The molecule has 1 aromatic carbocycles. The highest BCUT2D eigenvalue weighted by Crippen LogP contribution is 2.35. The van der Waals surface area contributed by atoms with Gasteiger partial charge in [0.25, 0.3) is 0 Å². The topological polar surface area (TPSA) is 86.6 Å². The Balaban J connectivity index is 1.78. The van der Waals surface area contributed by atoms with Crippen LogP contribution in [0.25, 0.3) is 0 Å². The highest BCUT2D eigenvalue weighted by atomic mass is 35.5. The number of carbonyl (C=O) groups excluding carboxylic acids is 2. The zero-order chi connectivity index (χ0) is 19.6. The quantitative estimate of drug-likeness (QED) is 0.556. The standard InChI is InChI=1S/C16H18Cl2FN3O5/c17-14(18)15(23)22(25)9-10-8-21(16(24)27-10)12-3-1-2-11(19)13(12)20-4-6-26-7-5-20/h1-3,10,14,22H,4-9H2. The molecule has 0 radical (unpaired) electrons. The van der Waals surface area contributed by atoms with Crippen molar-refractivity contribution in [2.75, 3.05) is 49.2 Å². The zero-order valence-electron chi connectivity index (χ0n) is 14.2. The molecule has 2 saturated heterocycles. The van der Waals surface area contributed by atoms with Crippen LogP contribution in [0.4, 0.5) is 20.6 Å². The molecule has 1 unspecified atom stereocenters. The number of rotatable bonds is 5.